The zero-order valence-electron chi connectivity index (χ0n) is 21.5. The van der Waals surface area contributed by atoms with Gasteiger partial charge in [-0.05, 0) is 31.6 Å². The van der Waals surface area contributed by atoms with Gasteiger partial charge in [-0.25, -0.2) is 19.7 Å². The van der Waals surface area contributed by atoms with Crippen molar-refractivity contribution in [2.24, 2.45) is 5.92 Å². The van der Waals surface area contributed by atoms with E-state index in [1.54, 1.807) is 11.9 Å². The number of ether oxygens (including phenoxy) is 2. The number of aliphatic hydroxyl groups excluding tert-OH is 2. The van der Waals surface area contributed by atoms with E-state index in [1.807, 2.05) is 0 Å². The van der Waals surface area contributed by atoms with E-state index < -0.39 is 42.8 Å². The molecular formula is C24H32N8O7. The lowest BCUT2D eigenvalue weighted by Crippen LogP contribution is -2.54. The van der Waals surface area contributed by atoms with E-state index in [9.17, 15) is 24.6 Å². The molecular weight excluding hydrogens is 512 g/mol. The highest BCUT2D eigenvalue weighted by Crippen LogP contribution is 2.33. The molecule has 3 amide bonds. The fourth-order valence-electron chi connectivity index (χ4n) is 5.25. The number of aliphatic hydroxyl groups is 2. The first-order valence-electron chi connectivity index (χ1n) is 13.2. The summed E-state index contributed by atoms with van der Waals surface area (Å²) in [5.41, 5.74) is 6.84. The van der Waals surface area contributed by atoms with E-state index in [4.69, 9.17) is 15.2 Å². The van der Waals surface area contributed by atoms with Crippen LogP contribution in [-0.4, -0.2) is 108 Å². The number of hydrogen-bond donors (Lipinski definition) is 4. The second-order valence-corrected chi connectivity index (χ2v) is 10.7. The van der Waals surface area contributed by atoms with Crippen molar-refractivity contribution in [3.05, 3.63) is 12.2 Å². The molecule has 6 rings (SSSR count). The highest BCUT2D eigenvalue weighted by atomic mass is 16.6. The number of piperidine rings is 1. The second kappa shape index (κ2) is 9.88. The van der Waals surface area contributed by atoms with Crippen molar-refractivity contribution in [1.82, 2.24) is 34.6 Å². The van der Waals surface area contributed by atoms with E-state index in [-0.39, 0.29) is 30.1 Å². The Kier molecular flexibility index (Phi) is 6.51. The third kappa shape index (κ3) is 4.85. The summed E-state index contributed by atoms with van der Waals surface area (Å²) in [7, 11) is 1.61. The van der Waals surface area contributed by atoms with Gasteiger partial charge in [0.15, 0.2) is 30.0 Å². The third-order valence-corrected chi connectivity index (χ3v) is 7.94. The van der Waals surface area contributed by atoms with Crippen LogP contribution >= 0.6 is 0 Å². The highest BCUT2D eigenvalue weighted by molar-refractivity contribution is 5.84. The normalized spacial score (nSPS) is 29.5. The summed E-state index contributed by atoms with van der Waals surface area (Å²) in [4.78, 5) is 52.7. The van der Waals surface area contributed by atoms with Crippen molar-refractivity contribution in [3.8, 4) is 0 Å². The zero-order valence-corrected chi connectivity index (χ0v) is 21.5. The third-order valence-electron chi connectivity index (χ3n) is 7.94. The number of amides is 3. The molecule has 5 atom stereocenters. The molecule has 210 valence electrons. The molecule has 15 heteroatoms. The summed E-state index contributed by atoms with van der Waals surface area (Å²) < 4.78 is 12.7. The van der Waals surface area contributed by atoms with Gasteiger partial charge >= 0.3 is 6.09 Å². The molecule has 5 N–H and O–H groups in total. The van der Waals surface area contributed by atoms with E-state index in [0.717, 1.165) is 12.8 Å². The molecule has 15 nitrogen and oxygen atoms in total. The average Bonchev–Trinajstić information content (AvgIpc) is 3.56. The Bertz CT molecular complexity index is 1290. The number of nitrogens with two attached hydrogens (primary N) is 1. The van der Waals surface area contributed by atoms with Gasteiger partial charge < -0.3 is 40.5 Å². The van der Waals surface area contributed by atoms with E-state index in [2.05, 4.69) is 20.3 Å². The number of carbonyl (C=O) groups excluding carboxylic acids is 3. The first-order chi connectivity index (χ1) is 18.7. The average molecular weight is 545 g/mol. The predicted octanol–water partition coefficient (Wildman–Crippen LogP) is -1.11. The van der Waals surface area contributed by atoms with Gasteiger partial charge in [0, 0.05) is 32.6 Å². The van der Waals surface area contributed by atoms with Crippen molar-refractivity contribution in [1.29, 1.82) is 0 Å². The van der Waals surface area contributed by atoms with Crippen LogP contribution in [-0.2, 0) is 25.5 Å². The van der Waals surface area contributed by atoms with Crippen LogP contribution in [0.3, 0.4) is 0 Å². The fourth-order valence-corrected chi connectivity index (χ4v) is 5.25. The monoisotopic (exact) mass is 544 g/mol. The van der Waals surface area contributed by atoms with Gasteiger partial charge in [-0.15, -0.1) is 0 Å². The topological polar surface area (TPSA) is 198 Å². The van der Waals surface area contributed by atoms with Crippen molar-refractivity contribution >= 4 is 34.9 Å². The fraction of sp³-hybridized carbons (Fsp3) is 0.667. The lowest BCUT2D eigenvalue weighted by Gasteiger charge is -2.38. The summed E-state index contributed by atoms with van der Waals surface area (Å²) in [5, 5.41) is 24.0. The van der Waals surface area contributed by atoms with Crippen molar-refractivity contribution < 1.29 is 34.1 Å². The molecule has 4 aliphatic rings. The Morgan fingerprint density at radius 3 is 2.59 bits per heavy atom. The number of β-lactam (4-membered cyclic amide) rings is 1. The van der Waals surface area contributed by atoms with Crippen molar-refractivity contribution in [2.45, 2.75) is 75.3 Å². The standard InChI is InChI=1S/C24H32N8O7/c1-30-14(33)9-15(30)38-24(37)31-6-4-11(5-7-31)8-13-28-20(25)16-21(29-13)32(10-26-16)23-18(35)17(34)19(39-23)22(36)27-12-2-3-12/h10-12,15,17-19,23,34-35H,2-9H2,1H3,(H,27,36)(H2,25,28,29)/t15?,17?,18?,19-,23+/m0/s1. The number of aromatic nitrogens is 4. The lowest BCUT2D eigenvalue weighted by atomic mass is 9.93. The predicted molar refractivity (Wildman–Crippen MR) is 132 cm³/mol. The summed E-state index contributed by atoms with van der Waals surface area (Å²) in [5.74, 6) is 0.335. The van der Waals surface area contributed by atoms with Crippen LogP contribution in [0.4, 0.5) is 10.6 Å². The van der Waals surface area contributed by atoms with Gasteiger partial charge in [-0.2, -0.15) is 0 Å². The number of nitrogens with one attached hydrogen (secondary N) is 1. The van der Waals surface area contributed by atoms with Gasteiger partial charge in [-0.3, -0.25) is 14.2 Å². The number of fused-ring (bicyclic) bond motifs is 1. The largest absolute Gasteiger partial charge is 0.425 e. The second-order valence-electron chi connectivity index (χ2n) is 10.7. The number of imidazole rings is 1. The number of anilines is 1. The maximum absolute atomic E-state index is 12.5. The first kappa shape index (κ1) is 25.7. The van der Waals surface area contributed by atoms with E-state index in [0.29, 0.717) is 49.3 Å². The molecule has 0 aromatic carbocycles. The summed E-state index contributed by atoms with van der Waals surface area (Å²) in [6.45, 7) is 1.02. The molecule has 3 saturated heterocycles. The molecule has 2 aromatic rings. The van der Waals surface area contributed by atoms with Crippen LogP contribution in [0.15, 0.2) is 6.33 Å². The van der Waals surface area contributed by atoms with Crippen LogP contribution in [0.2, 0.25) is 0 Å². The lowest BCUT2D eigenvalue weighted by molar-refractivity contribution is -0.161. The van der Waals surface area contributed by atoms with Gasteiger partial charge in [0.2, 0.25) is 5.91 Å². The first-order valence-corrected chi connectivity index (χ1v) is 13.2. The van der Waals surface area contributed by atoms with Gasteiger partial charge in [-0.1, -0.05) is 0 Å². The molecule has 0 spiro atoms. The number of nitrogen functional groups attached to an aromatic ring is 1. The zero-order chi connectivity index (χ0) is 27.4. The van der Waals surface area contributed by atoms with Crippen LogP contribution in [0, 0.1) is 5.92 Å². The molecule has 4 fully saturated rings. The van der Waals surface area contributed by atoms with Crippen molar-refractivity contribution in [3.63, 3.8) is 0 Å². The SMILES string of the molecule is CN1C(=O)CC1OC(=O)N1CCC(Cc2nc(N)c3ncn([C@@H]4O[C@H](C(=O)NC5CC5)C(O)C4O)c3n2)CC1. The Hall–Kier alpha value is -3.56. The summed E-state index contributed by atoms with van der Waals surface area (Å²) in [6.07, 6.45) is -0.692. The molecule has 2 aromatic heterocycles. The summed E-state index contributed by atoms with van der Waals surface area (Å²) >= 11 is 0. The van der Waals surface area contributed by atoms with E-state index in [1.165, 1.54) is 15.8 Å². The molecule has 39 heavy (non-hydrogen) atoms. The minimum Gasteiger partial charge on any atom is -0.425 e. The molecule has 0 radical (unpaired) electrons. The quantitative estimate of drug-likeness (QED) is 0.321. The van der Waals surface area contributed by atoms with Crippen LogP contribution in [0.25, 0.3) is 11.2 Å². The molecule has 1 saturated carbocycles. The number of nitrogens with zero attached hydrogens (tertiary/aromatic N) is 6. The van der Waals surface area contributed by atoms with E-state index >= 15 is 0 Å². The van der Waals surface area contributed by atoms with Gasteiger partial charge in [0.1, 0.15) is 23.5 Å². The number of carbonyl (C=O) groups is 3. The molecule has 1 aliphatic carbocycles. The Morgan fingerprint density at radius 2 is 1.92 bits per heavy atom. The maximum Gasteiger partial charge on any atom is 0.411 e. The minimum absolute atomic E-state index is 0.0480. The Balaban J connectivity index is 1.11. The minimum atomic E-state index is -1.41. The highest BCUT2D eigenvalue weighted by Gasteiger charge is 2.48. The molecule has 3 aliphatic heterocycles. The van der Waals surface area contributed by atoms with Crippen LogP contribution in [0.5, 0.6) is 0 Å². The van der Waals surface area contributed by atoms with Crippen molar-refractivity contribution in [2.75, 3.05) is 25.9 Å². The van der Waals surface area contributed by atoms with Crippen LogP contribution in [0.1, 0.15) is 44.2 Å². The van der Waals surface area contributed by atoms with Crippen LogP contribution < -0.4 is 11.1 Å². The smallest absolute Gasteiger partial charge is 0.411 e. The molecule has 5 heterocycles. The number of rotatable bonds is 6. The maximum atomic E-state index is 12.5. The van der Waals surface area contributed by atoms with Gasteiger partial charge in [0.25, 0.3) is 5.91 Å². The van der Waals surface area contributed by atoms with Gasteiger partial charge in [0.05, 0.1) is 12.7 Å². The number of likely N-dealkylation sites (tertiary alicyclic amines) is 2. The summed E-state index contributed by atoms with van der Waals surface area (Å²) in [6, 6.07) is 0.0845. The Morgan fingerprint density at radius 1 is 1.18 bits per heavy atom. The Labute approximate surface area is 223 Å². The molecule has 0 bridgehead atoms. The molecule has 3 unspecified atom stereocenters. The number of hydrogen-bond acceptors (Lipinski definition) is 11.